The second-order valence-electron chi connectivity index (χ2n) is 3.74. The van der Waals surface area contributed by atoms with Crippen LogP contribution in [0.25, 0.3) is 0 Å². The third-order valence-corrected chi connectivity index (χ3v) is 2.16. The molecule has 0 aliphatic rings. The molecule has 1 N–H and O–H groups in total. The molecule has 0 heterocycles. The summed E-state index contributed by atoms with van der Waals surface area (Å²) in [5.74, 6) is 0. The van der Waals surface area contributed by atoms with Gasteiger partial charge in [-0.15, -0.1) is 0 Å². The lowest BCUT2D eigenvalue weighted by atomic mass is 10.1. The summed E-state index contributed by atoms with van der Waals surface area (Å²) in [6, 6.07) is 5.32. The van der Waals surface area contributed by atoms with Crippen LogP contribution in [0.4, 0.5) is 18.9 Å². The summed E-state index contributed by atoms with van der Waals surface area (Å²) >= 11 is 0. The number of alkyl halides is 3. The molecule has 1 aromatic carbocycles. The highest BCUT2D eigenvalue weighted by Gasteiger charge is 2.34. The van der Waals surface area contributed by atoms with Crippen LogP contribution in [0.15, 0.2) is 24.3 Å². The van der Waals surface area contributed by atoms with Crippen molar-refractivity contribution in [2.24, 2.45) is 0 Å². The fourth-order valence-corrected chi connectivity index (χ4v) is 1.54. The number of benzene rings is 1. The molecular formula is C11H14F3NO. The molecule has 0 aliphatic heterocycles. The minimum Gasteiger partial charge on any atom is -0.392 e. The van der Waals surface area contributed by atoms with Gasteiger partial charge in [0.2, 0.25) is 0 Å². The number of likely N-dealkylation sites (N-methyl/N-ethyl adjacent to an activating group) is 1. The van der Waals surface area contributed by atoms with Gasteiger partial charge in [-0.3, -0.25) is 0 Å². The highest BCUT2D eigenvalue weighted by molar-refractivity contribution is 5.54. The molecular weight excluding hydrogens is 219 g/mol. The number of aliphatic hydroxyl groups is 1. The maximum absolute atomic E-state index is 12.7. The lowest BCUT2D eigenvalue weighted by molar-refractivity contribution is -0.137. The van der Waals surface area contributed by atoms with E-state index < -0.39 is 17.8 Å². The van der Waals surface area contributed by atoms with Crippen LogP contribution in [-0.4, -0.2) is 24.8 Å². The molecule has 0 radical (unpaired) electrons. The number of halogens is 3. The molecule has 0 aliphatic carbocycles. The Balaban J connectivity index is 3.04. The van der Waals surface area contributed by atoms with Crippen LogP contribution in [0.5, 0.6) is 0 Å². The SMILES string of the molecule is CC(O)CN(C)c1ccccc1C(F)(F)F. The molecule has 2 nitrogen and oxygen atoms in total. The predicted molar refractivity (Wildman–Crippen MR) is 56.4 cm³/mol. The quantitative estimate of drug-likeness (QED) is 0.867. The molecule has 0 saturated carbocycles. The molecule has 0 spiro atoms. The summed E-state index contributed by atoms with van der Waals surface area (Å²) in [5.41, 5.74) is -0.603. The van der Waals surface area contributed by atoms with E-state index in [-0.39, 0.29) is 12.2 Å². The van der Waals surface area contributed by atoms with Crippen LogP contribution in [0, 0.1) is 0 Å². The zero-order chi connectivity index (χ0) is 12.3. The van der Waals surface area contributed by atoms with E-state index in [9.17, 15) is 13.2 Å². The van der Waals surface area contributed by atoms with E-state index in [1.165, 1.54) is 31.0 Å². The first-order valence-corrected chi connectivity index (χ1v) is 4.88. The second kappa shape index (κ2) is 4.74. The van der Waals surface area contributed by atoms with E-state index in [1.807, 2.05) is 0 Å². The maximum Gasteiger partial charge on any atom is 0.418 e. The molecule has 5 heteroatoms. The number of rotatable bonds is 3. The van der Waals surface area contributed by atoms with E-state index in [1.54, 1.807) is 6.07 Å². The second-order valence-corrected chi connectivity index (χ2v) is 3.74. The van der Waals surface area contributed by atoms with E-state index in [0.717, 1.165) is 6.07 Å². The Kier molecular flexibility index (Phi) is 3.80. The topological polar surface area (TPSA) is 23.5 Å². The van der Waals surface area contributed by atoms with Crippen molar-refractivity contribution in [3.8, 4) is 0 Å². The highest BCUT2D eigenvalue weighted by Crippen LogP contribution is 2.35. The van der Waals surface area contributed by atoms with Gasteiger partial charge in [0, 0.05) is 19.3 Å². The summed E-state index contributed by atoms with van der Waals surface area (Å²) in [6.45, 7) is 1.69. The van der Waals surface area contributed by atoms with Crippen LogP contribution in [-0.2, 0) is 6.18 Å². The Labute approximate surface area is 92.3 Å². The molecule has 1 unspecified atom stereocenters. The van der Waals surface area contributed by atoms with Crippen LogP contribution in [0.3, 0.4) is 0 Å². The van der Waals surface area contributed by atoms with Crippen molar-refractivity contribution in [2.75, 3.05) is 18.5 Å². The van der Waals surface area contributed by atoms with Crippen molar-refractivity contribution in [2.45, 2.75) is 19.2 Å². The Bertz CT molecular complexity index is 349. The first-order chi connectivity index (χ1) is 7.32. The Hall–Kier alpha value is -1.23. The molecule has 1 rings (SSSR count). The lowest BCUT2D eigenvalue weighted by Crippen LogP contribution is -2.28. The Morgan fingerprint density at radius 2 is 1.88 bits per heavy atom. The zero-order valence-electron chi connectivity index (χ0n) is 9.12. The van der Waals surface area contributed by atoms with Gasteiger partial charge in [0.1, 0.15) is 0 Å². The fraction of sp³-hybridized carbons (Fsp3) is 0.455. The van der Waals surface area contributed by atoms with Gasteiger partial charge in [-0.05, 0) is 19.1 Å². The molecule has 16 heavy (non-hydrogen) atoms. The average Bonchev–Trinajstić information content (AvgIpc) is 2.15. The molecule has 0 saturated heterocycles. The van der Waals surface area contributed by atoms with Crippen LogP contribution >= 0.6 is 0 Å². The van der Waals surface area contributed by atoms with Crippen LogP contribution in [0.1, 0.15) is 12.5 Å². The molecule has 0 amide bonds. The average molecular weight is 233 g/mol. The largest absolute Gasteiger partial charge is 0.418 e. The zero-order valence-corrected chi connectivity index (χ0v) is 9.12. The lowest BCUT2D eigenvalue weighted by Gasteiger charge is -2.24. The summed E-state index contributed by atoms with van der Waals surface area (Å²) in [7, 11) is 1.53. The summed E-state index contributed by atoms with van der Waals surface area (Å²) < 4.78 is 38.0. The van der Waals surface area contributed by atoms with E-state index in [0.29, 0.717) is 0 Å². The number of hydrogen-bond donors (Lipinski definition) is 1. The van der Waals surface area contributed by atoms with Crippen LogP contribution in [0.2, 0.25) is 0 Å². The summed E-state index contributed by atoms with van der Waals surface area (Å²) in [4.78, 5) is 1.40. The van der Waals surface area contributed by atoms with Gasteiger partial charge >= 0.3 is 6.18 Å². The number of aliphatic hydroxyl groups excluding tert-OH is 1. The molecule has 0 bridgehead atoms. The van der Waals surface area contributed by atoms with Crippen LogP contribution < -0.4 is 4.90 Å². The summed E-state index contributed by atoms with van der Waals surface area (Å²) in [6.07, 6.45) is -5.05. The van der Waals surface area contributed by atoms with E-state index in [2.05, 4.69) is 0 Å². The van der Waals surface area contributed by atoms with Crippen molar-refractivity contribution < 1.29 is 18.3 Å². The third-order valence-electron chi connectivity index (χ3n) is 2.16. The monoisotopic (exact) mass is 233 g/mol. The fourth-order valence-electron chi connectivity index (χ4n) is 1.54. The third kappa shape index (κ3) is 3.13. The number of nitrogens with zero attached hydrogens (tertiary/aromatic N) is 1. The van der Waals surface area contributed by atoms with E-state index in [4.69, 9.17) is 5.11 Å². The van der Waals surface area contributed by atoms with Crippen molar-refractivity contribution in [1.82, 2.24) is 0 Å². The van der Waals surface area contributed by atoms with Crippen molar-refractivity contribution in [3.05, 3.63) is 29.8 Å². The minimum absolute atomic E-state index is 0.0795. The van der Waals surface area contributed by atoms with Crippen molar-refractivity contribution >= 4 is 5.69 Å². The molecule has 1 atom stereocenters. The van der Waals surface area contributed by atoms with Crippen molar-refractivity contribution in [1.29, 1.82) is 0 Å². The number of para-hydroxylation sites is 1. The minimum atomic E-state index is -4.37. The smallest absolute Gasteiger partial charge is 0.392 e. The molecule has 0 aromatic heterocycles. The Morgan fingerprint density at radius 1 is 1.31 bits per heavy atom. The molecule has 1 aromatic rings. The Morgan fingerprint density at radius 3 is 2.38 bits per heavy atom. The van der Waals surface area contributed by atoms with Crippen molar-refractivity contribution in [3.63, 3.8) is 0 Å². The van der Waals surface area contributed by atoms with Gasteiger partial charge < -0.3 is 10.0 Å². The molecule has 0 fully saturated rings. The van der Waals surface area contributed by atoms with E-state index >= 15 is 0 Å². The maximum atomic E-state index is 12.7. The first-order valence-electron chi connectivity index (χ1n) is 4.88. The normalized spacial score (nSPS) is 13.6. The first kappa shape index (κ1) is 12.8. The standard InChI is InChI=1S/C11H14F3NO/c1-8(16)7-15(2)10-6-4-3-5-9(10)11(12,13)14/h3-6,8,16H,7H2,1-2H3. The highest BCUT2D eigenvalue weighted by atomic mass is 19.4. The predicted octanol–water partition coefficient (Wildman–Crippen LogP) is 2.52. The van der Waals surface area contributed by atoms with Gasteiger partial charge in [-0.2, -0.15) is 13.2 Å². The number of anilines is 1. The van der Waals surface area contributed by atoms with Gasteiger partial charge in [0.15, 0.2) is 0 Å². The molecule has 90 valence electrons. The van der Waals surface area contributed by atoms with Gasteiger partial charge in [-0.25, -0.2) is 0 Å². The summed E-state index contributed by atoms with van der Waals surface area (Å²) in [5, 5.41) is 9.15. The van der Waals surface area contributed by atoms with Gasteiger partial charge in [0.25, 0.3) is 0 Å². The number of hydrogen-bond acceptors (Lipinski definition) is 2. The van der Waals surface area contributed by atoms with Gasteiger partial charge in [-0.1, -0.05) is 12.1 Å². The van der Waals surface area contributed by atoms with Gasteiger partial charge in [0.05, 0.1) is 11.7 Å².